The first-order chi connectivity index (χ1) is 11.5. The minimum Gasteiger partial charge on any atom is -0.338 e. The van der Waals surface area contributed by atoms with Crippen LogP contribution in [0.25, 0.3) is 0 Å². The van der Waals surface area contributed by atoms with Crippen LogP contribution in [0.2, 0.25) is 0 Å². The zero-order chi connectivity index (χ0) is 17.0. The van der Waals surface area contributed by atoms with Crippen molar-refractivity contribution in [2.75, 3.05) is 19.6 Å². The Kier molecular flexibility index (Phi) is 5.30. The van der Waals surface area contributed by atoms with E-state index in [-0.39, 0.29) is 24.8 Å². The van der Waals surface area contributed by atoms with Gasteiger partial charge in [0.2, 0.25) is 5.92 Å². The quantitative estimate of drug-likeness (QED) is 0.915. The van der Waals surface area contributed by atoms with Gasteiger partial charge < -0.3 is 10.2 Å². The van der Waals surface area contributed by atoms with Gasteiger partial charge in [-0.25, -0.2) is 13.6 Å². The molecule has 3 rings (SSSR count). The van der Waals surface area contributed by atoms with Crippen molar-refractivity contribution in [3.8, 4) is 0 Å². The number of halogens is 2. The summed E-state index contributed by atoms with van der Waals surface area (Å²) in [6.45, 7) is 2.72. The Morgan fingerprint density at radius 1 is 1.25 bits per heavy atom. The number of rotatable bonds is 4. The summed E-state index contributed by atoms with van der Waals surface area (Å²) in [5, 5.41) is 10.7. The predicted molar refractivity (Wildman–Crippen MR) is 84.6 cm³/mol. The lowest BCUT2D eigenvalue weighted by molar-refractivity contribution is -0.0452. The molecule has 8 heteroatoms. The molecule has 1 aliphatic heterocycles. The number of carbonyl (C=O) groups excluding carboxylic acids is 1. The molecule has 1 aromatic rings. The number of likely N-dealkylation sites (tertiary alicyclic amines) is 1. The van der Waals surface area contributed by atoms with Crippen molar-refractivity contribution in [1.29, 1.82) is 0 Å². The lowest BCUT2D eigenvalue weighted by Gasteiger charge is -2.34. The predicted octanol–water partition coefficient (Wildman–Crippen LogP) is 2.53. The zero-order valence-electron chi connectivity index (χ0n) is 13.8. The highest BCUT2D eigenvalue weighted by Crippen LogP contribution is 2.35. The maximum Gasteiger partial charge on any atom is 0.317 e. The molecule has 1 aliphatic carbocycles. The van der Waals surface area contributed by atoms with Crippen LogP contribution in [0, 0.1) is 11.8 Å². The van der Waals surface area contributed by atoms with E-state index in [4.69, 9.17) is 0 Å². The van der Waals surface area contributed by atoms with Gasteiger partial charge in [-0.1, -0.05) is 5.21 Å². The summed E-state index contributed by atoms with van der Waals surface area (Å²) >= 11 is 0. The minimum absolute atomic E-state index is 0.0583. The maximum absolute atomic E-state index is 13.2. The van der Waals surface area contributed by atoms with E-state index in [2.05, 4.69) is 15.6 Å². The van der Waals surface area contributed by atoms with Crippen LogP contribution in [-0.2, 0) is 6.54 Å². The van der Waals surface area contributed by atoms with Crippen molar-refractivity contribution in [2.45, 2.75) is 51.0 Å². The van der Waals surface area contributed by atoms with Crippen molar-refractivity contribution in [1.82, 2.24) is 25.2 Å². The number of hydrogen-bond donors (Lipinski definition) is 1. The number of carbonyl (C=O) groups is 1. The summed E-state index contributed by atoms with van der Waals surface area (Å²) < 4.78 is 28.1. The topological polar surface area (TPSA) is 63.1 Å². The fourth-order valence-electron chi connectivity index (χ4n) is 3.64. The second-order valence-electron chi connectivity index (χ2n) is 7.06. The number of aromatic nitrogens is 3. The summed E-state index contributed by atoms with van der Waals surface area (Å²) in [7, 11) is 0. The normalized spacial score (nSPS) is 24.8. The van der Waals surface area contributed by atoms with E-state index in [0.29, 0.717) is 31.8 Å². The van der Waals surface area contributed by atoms with Crippen LogP contribution in [-0.4, -0.2) is 51.5 Å². The van der Waals surface area contributed by atoms with Crippen molar-refractivity contribution in [3.05, 3.63) is 12.4 Å². The summed E-state index contributed by atoms with van der Waals surface area (Å²) in [6.07, 6.45) is 6.39. The number of piperidine rings is 1. The molecule has 1 saturated heterocycles. The van der Waals surface area contributed by atoms with Gasteiger partial charge in [0.15, 0.2) is 0 Å². The molecule has 134 valence electrons. The van der Waals surface area contributed by atoms with Gasteiger partial charge in [0, 0.05) is 45.2 Å². The molecule has 0 aromatic carbocycles. The van der Waals surface area contributed by atoms with Crippen LogP contribution < -0.4 is 5.32 Å². The number of alkyl halides is 2. The first-order valence-electron chi connectivity index (χ1n) is 8.76. The Morgan fingerprint density at radius 3 is 2.75 bits per heavy atom. The van der Waals surface area contributed by atoms with E-state index in [0.717, 1.165) is 25.9 Å². The molecular weight excluding hydrogens is 316 g/mol. The molecule has 2 amide bonds. The highest BCUT2D eigenvalue weighted by molar-refractivity contribution is 5.74. The molecule has 1 aromatic heterocycles. The van der Waals surface area contributed by atoms with Gasteiger partial charge in [0.1, 0.15) is 0 Å². The molecule has 1 atom stereocenters. The number of nitrogens with one attached hydrogen (secondary N) is 1. The van der Waals surface area contributed by atoms with Crippen LogP contribution in [0.15, 0.2) is 12.4 Å². The fourth-order valence-corrected chi connectivity index (χ4v) is 3.64. The molecule has 2 aliphatic rings. The van der Waals surface area contributed by atoms with Crippen molar-refractivity contribution < 1.29 is 13.6 Å². The van der Waals surface area contributed by atoms with Gasteiger partial charge >= 0.3 is 6.03 Å². The van der Waals surface area contributed by atoms with Gasteiger partial charge in [0.05, 0.1) is 6.20 Å². The van der Waals surface area contributed by atoms with E-state index in [9.17, 15) is 13.6 Å². The zero-order valence-corrected chi connectivity index (χ0v) is 13.8. The van der Waals surface area contributed by atoms with E-state index < -0.39 is 5.92 Å². The van der Waals surface area contributed by atoms with Crippen molar-refractivity contribution in [3.63, 3.8) is 0 Å². The van der Waals surface area contributed by atoms with E-state index in [1.807, 2.05) is 11.1 Å². The third-order valence-electron chi connectivity index (χ3n) is 5.10. The molecule has 0 radical (unpaired) electrons. The Bertz CT molecular complexity index is 527. The monoisotopic (exact) mass is 341 g/mol. The van der Waals surface area contributed by atoms with Gasteiger partial charge in [-0.15, -0.1) is 5.10 Å². The van der Waals surface area contributed by atoms with E-state index in [1.54, 1.807) is 10.9 Å². The lowest BCUT2D eigenvalue weighted by atomic mass is 9.87. The van der Waals surface area contributed by atoms with Crippen LogP contribution in [0.1, 0.15) is 38.5 Å². The third kappa shape index (κ3) is 4.64. The Labute approximate surface area is 140 Å². The van der Waals surface area contributed by atoms with Gasteiger partial charge in [-0.3, -0.25) is 4.68 Å². The summed E-state index contributed by atoms with van der Waals surface area (Å²) in [5.41, 5.74) is 0. The molecule has 0 spiro atoms. The molecule has 2 heterocycles. The molecule has 2 fully saturated rings. The van der Waals surface area contributed by atoms with E-state index in [1.165, 1.54) is 0 Å². The molecule has 1 N–H and O–H groups in total. The summed E-state index contributed by atoms with van der Waals surface area (Å²) in [6, 6.07) is -0.0735. The number of amides is 2. The maximum atomic E-state index is 13.2. The SMILES string of the molecule is O=C(NCC1CCC(F)(F)CC1)N1CCCC(Cn2ccnn2)C1. The third-order valence-corrected chi connectivity index (χ3v) is 5.10. The highest BCUT2D eigenvalue weighted by Gasteiger charge is 2.35. The summed E-state index contributed by atoms with van der Waals surface area (Å²) in [5.74, 6) is -1.97. The first kappa shape index (κ1) is 17.1. The number of urea groups is 1. The smallest absolute Gasteiger partial charge is 0.317 e. The average molecular weight is 341 g/mol. The molecule has 0 bridgehead atoms. The first-order valence-corrected chi connectivity index (χ1v) is 8.76. The van der Waals surface area contributed by atoms with Crippen LogP contribution >= 0.6 is 0 Å². The largest absolute Gasteiger partial charge is 0.338 e. The van der Waals surface area contributed by atoms with Crippen molar-refractivity contribution >= 4 is 6.03 Å². The average Bonchev–Trinajstić information content (AvgIpc) is 3.07. The molecular formula is C16H25F2N5O. The Morgan fingerprint density at radius 2 is 2.04 bits per heavy atom. The Hall–Kier alpha value is -1.73. The van der Waals surface area contributed by atoms with Crippen molar-refractivity contribution in [2.24, 2.45) is 11.8 Å². The van der Waals surface area contributed by atoms with E-state index >= 15 is 0 Å². The van der Waals surface area contributed by atoms with Crippen LogP contribution in [0.5, 0.6) is 0 Å². The Balaban J connectivity index is 1.41. The van der Waals surface area contributed by atoms with Crippen LogP contribution in [0.3, 0.4) is 0 Å². The highest BCUT2D eigenvalue weighted by atomic mass is 19.3. The molecule has 1 unspecified atom stereocenters. The molecule has 24 heavy (non-hydrogen) atoms. The number of nitrogens with zero attached hydrogens (tertiary/aromatic N) is 4. The number of hydrogen-bond acceptors (Lipinski definition) is 3. The molecule has 6 nitrogen and oxygen atoms in total. The lowest BCUT2D eigenvalue weighted by Crippen LogP contribution is -2.47. The minimum atomic E-state index is -2.51. The second kappa shape index (κ2) is 7.44. The molecule has 1 saturated carbocycles. The van der Waals surface area contributed by atoms with Gasteiger partial charge in [-0.2, -0.15) is 0 Å². The standard InChI is InChI=1S/C16H25F2N5O/c17-16(18)5-3-13(4-6-16)10-19-15(24)22-8-1-2-14(11-22)12-23-9-7-20-21-23/h7,9,13-14H,1-6,8,10-12H2,(H,19,24). The second-order valence-corrected chi connectivity index (χ2v) is 7.06. The van der Waals surface area contributed by atoms with Gasteiger partial charge in [0.25, 0.3) is 0 Å². The fraction of sp³-hybridized carbons (Fsp3) is 0.812. The van der Waals surface area contributed by atoms with Crippen LogP contribution in [0.4, 0.5) is 13.6 Å². The van der Waals surface area contributed by atoms with Gasteiger partial charge in [-0.05, 0) is 37.5 Å². The summed E-state index contributed by atoms with van der Waals surface area (Å²) in [4.78, 5) is 14.2.